The first-order chi connectivity index (χ1) is 12.8. The molecule has 27 heavy (non-hydrogen) atoms. The van der Waals surface area contributed by atoms with Crippen LogP contribution in [0, 0.1) is 17.7 Å². The maximum Gasteiger partial charge on any atom is 0.255 e. The lowest BCUT2D eigenvalue weighted by Crippen LogP contribution is -2.42. The number of rotatable bonds is 4. The molecule has 3 rings (SSSR count). The Labute approximate surface area is 159 Å². The number of amides is 1. The smallest absolute Gasteiger partial charge is 0.255 e. The van der Waals surface area contributed by atoms with Crippen molar-refractivity contribution in [3.8, 4) is 0 Å². The molecule has 5 nitrogen and oxygen atoms in total. The summed E-state index contributed by atoms with van der Waals surface area (Å²) in [7, 11) is -3.56. The molecular formula is C20H23FN2O3S. The van der Waals surface area contributed by atoms with Gasteiger partial charge in [-0.1, -0.05) is 19.9 Å². The highest BCUT2D eigenvalue weighted by Gasteiger charge is 2.31. The van der Waals surface area contributed by atoms with Crippen molar-refractivity contribution in [2.75, 3.05) is 18.4 Å². The molecule has 0 aromatic heterocycles. The molecule has 0 aliphatic carbocycles. The van der Waals surface area contributed by atoms with E-state index >= 15 is 0 Å². The summed E-state index contributed by atoms with van der Waals surface area (Å²) in [6, 6.07) is 11.4. The van der Waals surface area contributed by atoms with E-state index in [9.17, 15) is 17.6 Å². The molecule has 1 saturated heterocycles. The van der Waals surface area contributed by atoms with E-state index < -0.39 is 21.7 Å². The molecule has 0 bridgehead atoms. The number of piperidine rings is 1. The number of hydrogen-bond donors (Lipinski definition) is 1. The Balaban J connectivity index is 1.74. The molecule has 0 radical (unpaired) electrons. The van der Waals surface area contributed by atoms with Gasteiger partial charge in [-0.25, -0.2) is 12.8 Å². The quantitative estimate of drug-likeness (QED) is 0.865. The molecule has 1 fully saturated rings. The van der Waals surface area contributed by atoms with Crippen LogP contribution in [0.25, 0.3) is 0 Å². The Hall–Kier alpha value is -2.25. The van der Waals surface area contributed by atoms with Crippen molar-refractivity contribution in [2.45, 2.75) is 25.2 Å². The molecule has 1 aliphatic heterocycles. The van der Waals surface area contributed by atoms with Crippen LogP contribution in [0.3, 0.4) is 0 Å². The van der Waals surface area contributed by atoms with Crippen LogP contribution in [0.4, 0.5) is 10.1 Å². The fourth-order valence-electron chi connectivity index (χ4n) is 3.49. The summed E-state index contributed by atoms with van der Waals surface area (Å²) in [5.41, 5.74) is 0.645. The topological polar surface area (TPSA) is 66.5 Å². The van der Waals surface area contributed by atoms with Gasteiger partial charge in [0.05, 0.1) is 4.90 Å². The largest absolute Gasteiger partial charge is 0.322 e. The van der Waals surface area contributed by atoms with E-state index in [1.807, 2.05) is 0 Å². The normalized spacial score (nSPS) is 21.0. The van der Waals surface area contributed by atoms with Gasteiger partial charge in [0, 0.05) is 24.3 Å². The van der Waals surface area contributed by atoms with Gasteiger partial charge in [-0.05, 0) is 60.7 Å². The SMILES string of the molecule is C[C@@H]1C[C@@H](C)CN(S(=O)(=O)c2ccc(NC(=O)c3cccc(F)c3)cc2)C1. The Morgan fingerprint density at radius 3 is 2.30 bits per heavy atom. The van der Waals surface area contributed by atoms with Crippen LogP contribution in [0.2, 0.25) is 0 Å². The highest BCUT2D eigenvalue weighted by atomic mass is 32.2. The summed E-state index contributed by atoms with van der Waals surface area (Å²) in [6.45, 7) is 5.15. The number of sulfonamides is 1. The monoisotopic (exact) mass is 390 g/mol. The predicted molar refractivity (Wildman–Crippen MR) is 102 cm³/mol. The highest BCUT2D eigenvalue weighted by Crippen LogP contribution is 2.27. The molecule has 2 atom stereocenters. The van der Waals surface area contributed by atoms with E-state index in [1.54, 1.807) is 12.1 Å². The average Bonchev–Trinajstić information content (AvgIpc) is 2.61. The van der Waals surface area contributed by atoms with E-state index in [2.05, 4.69) is 19.2 Å². The second kappa shape index (κ2) is 7.78. The first-order valence-corrected chi connectivity index (χ1v) is 10.4. The standard InChI is InChI=1S/C20H23FN2O3S/c1-14-10-15(2)13-23(12-14)27(25,26)19-8-6-18(7-9-19)22-20(24)16-4-3-5-17(21)11-16/h3-9,11,14-15H,10,12-13H2,1-2H3,(H,22,24)/t14-,15-/m1/s1. The fraction of sp³-hybridized carbons (Fsp3) is 0.350. The van der Waals surface area contributed by atoms with Gasteiger partial charge in [0.1, 0.15) is 5.82 Å². The van der Waals surface area contributed by atoms with Crippen molar-refractivity contribution >= 4 is 21.6 Å². The Morgan fingerprint density at radius 2 is 1.70 bits per heavy atom. The second-order valence-corrected chi connectivity index (χ2v) is 9.19. The number of carbonyl (C=O) groups is 1. The minimum absolute atomic E-state index is 0.197. The van der Waals surface area contributed by atoms with Crippen LogP contribution in [0.5, 0.6) is 0 Å². The van der Waals surface area contributed by atoms with E-state index in [0.29, 0.717) is 30.6 Å². The van der Waals surface area contributed by atoms with E-state index in [1.165, 1.54) is 34.6 Å². The molecule has 1 N–H and O–H groups in total. The van der Waals surface area contributed by atoms with Gasteiger partial charge < -0.3 is 5.32 Å². The van der Waals surface area contributed by atoms with E-state index in [0.717, 1.165) is 12.5 Å². The summed E-state index contributed by atoms with van der Waals surface area (Å²) in [6.07, 6.45) is 1.02. The molecule has 0 spiro atoms. The molecule has 2 aromatic rings. The van der Waals surface area contributed by atoms with Gasteiger partial charge in [0.25, 0.3) is 5.91 Å². The number of nitrogens with one attached hydrogen (secondary N) is 1. The summed E-state index contributed by atoms with van der Waals surface area (Å²) in [4.78, 5) is 12.4. The van der Waals surface area contributed by atoms with Gasteiger partial charge in [0.15, 0.2) is 0 Å². The summed E-state index contributed by atoms with van der Waals surface area (Å²) >= 11 is 0. The molecule has 1 amide bonds. The lowest BCUT2D eigenvalue weighted by atomic mass is 9.94. The zero-order valence-corrected chi connectivity index (χ0v) is 16.2. The number of benzene rings is 2. The van der Waals surface area contributed by atoms with Crippen molar-refractivity contribution in [3.63, 3.8) is 0 Å². The van der Waals surface area contributed by atoms with Crippen molar-refractivity contribution in [1.29, 1.82) is 0 Å². The fourth-order valence-corrected chi connectivity index (χ4v) is 5.17. The van der Waals surface area contributed by atoms with Crippen LogP contribution in [-0.2, 0) is 10.0 Å². The highest BCUT2D eigenvalue weighted by molar-refractivity contribution is 7.89. The summed E-state index contributed by atoms with van der Waals surface area (Å²) in [5.74, 6) is -0.292. The van der Waals surface area contributed by atoms with Gasteiger partial charge in [-0.2, -0.15) is 4.31 Å². The lowest BCUT2D eigenvalue weighted by Gasteiger charge is -2.34. The molecular weight excluding hydrogens is 367 g/mol. The Morgan fingerprint density at radius 1 is 1.07 bits per heavy atom. The van der Waals surface area contributed by atoms with Crippen LogP contribution < -0.4 is 5.32 Å². The predicted octanol–water partition coefficient (Wildman–Crippen LogP) is 3.74. The molecule has 0 saturated carbocycles. The Bertz CT molecular complexity index is 918. The van der Waals surface area contributed by atoms with Crippen LogP contribution in [0.1, 0.15) is 30.6 Å². The number of anilines is 1. The molecule has 1 aliphatic rings. The minimum Gasteiger partial charge on any atom is -0.322 e. The van der Waals surface area contributed by atoms with Gasteiger partial charge in [0.2, 0.25) is 10.0 Å². The molecule has 1 heterocycles. The average molecular weight is 390 g/mol. The second-order valence-electron chi connectivity index (χ2n) is 7.26. The zero-order valence-electron chi connectivity index (χ0n) is 15.4. The summed E-state index contributed by atoms with van der Waals surface area (Å²) < 4.78 is 40.5. The number of halogens is 1. The molecule has 2 aromatic carbocycles. The van der Waals surface area contributed by atoms with Crippen molar-refractivity contribution < 1.29 is 17.6 Å². The van der Waals surface area contributed by atoms with Crippen molar-refractivity contribution in [2.24, 2.45) is 11.8 Å². The van der Waals surface area contributed by atoms with Gasteiger partial charge >= 0.3 is 0 Å². The van der Waals surface area contributed by atoms with Crippen molar-refractivity contribution in [1.82, 2.24) is 4.31 Å². The maximum absolute atomic E-state index is 13.2. The zero-order chi connectivity index (χ0) is 19.6. The third-order valence-electron chi connectivity index (χ3n) is 4.67. The Kier molecular flexibility index (Phi) is 5.62. The van der Waals surface area contributed by atoms with Crippen LogP contribution in [-0.4, -0.2) is 31.7 Å². The number of carbonyl (C=O) groups excluding carboxylic acids is 1. The minimum atomic E-state index is -3.56. The van der Waals surface area contributed by atoms with Gasteiger partial charge in [-0.3, -0.25) is 4.79 Å². The first-order valence-electron chi connectivity index (χ1n) is 8.93. The number of nitrogens with zero attached hydrogens (tertiary/aromatic N) is 1. The van der Waals surface area contributed by atoms with Crippen LogP contribution in [0.15, 0.2) is 53.4 Å². The third-order valence-corrected chi connectivity index (χ3v) is 6.52. The van der Waals surface area contributed by atoms with Crippen molar-refractivity contribution in [3.05, 3.63) is 59.9 Å². The molecule has 7 heteroatoms. The third kappa shape index (κ3) is 4.54. The van der Waals surface area contributed by atoms with Gasteiger partial charge in [-0.15, -0.1) is 0 Å². The summed E-state index contributed by atoms with van der Waals surface area (Å²) in [5, 5.41) is 2.64. The van der Waals surface area contributed by atoms with E-state index in [4.69, 9.17) is 0 Å². The molecule has 144 valence electrons. The van der Waals surface area contributed by atoms with Crippen LogP contribution >= 0.6 is 0 Å². The molecule has 0 unspecified atom stereocenters. The lowest BCUT2D eigenvalue weighted by molar-refractivity contribution is 0.102. The van der Waals surface area contributed by atoms with E-state index in [-0.39, 0.29) is 10.5 Å². The number of hydrogen-bond acceptors (Lipinski definition) is 3. The first kappa shape index (κ1) is 19.5. The maximum atomic E-state index is 13.2.